The second kappa shape index (κ2) is 11.7. The van der Waals surface area contributed by atoms with Crippen LogP contribution in [-0.2, 0) is 4.79 Å². The number of amides is 2. The molecule has 0 radical (unpaired) electrons. The molecule has 186 valence electrons. The standard InChI is InChI=1S/C27H40N4O3/c1-20(26(32)28-12-7-15-30-13-5-3-4-6-14-30)21-10-16-31(17-11-21)27(33)25-18-22-8-9-23(34-2)19-24(22)29-25/h8-9,18-21,29H,3-7,10-17H2,1-2H3,(H,28,32)/t20-/m1/s1. The highest BCUT2D eigenvalue weighted by Crippen LogP contribution is 2.27. The van der Waals surface area contributed by atoms with Crippen LogP contribution in [0.1, 0.15) is 62.4 Å². The van der Waals surface area contributed by atoms with Gasteiger partial charge in [-0.25, -0.2) is 0 Å². The molecule has 1 aromatic carbocycles. The molecule has 0 aliphatic carbocycles. The normalized spacial score (nSPS) is 19.1. The van der Waals surface area contributed by atoms with Gasteiger partial charge in [-0.15, -0.1) is 0 Å². The van der Waals surface area contributed by atoms with Gasteiger partial charge in [-0.1, -0.05) is 19.8 Å². The molecule has 7 heteroatoms. The quantitative estimate of drug-likeness (QED) is 0.573. The minimum absolute atomic E-state index is 0.0176. The van der Waals surface area contributed by atoms with Gasteiger partial charge in [0.1, 0.15) is 11.4 Å². The van der Waals surface area contributed by atoms with E-state index in [4.69, 9.17) is 4.74 Å². The summed E-state index contributed by atoms with van der Waals surface area (Å²) in [5, 5.41) is 4.16. The summed E-state index contributed by atoms with van der Waals surface area (Å²) in [6, 6.07) is 7.68. The molecule has 2 saturated heterocycles. The maximum atomic E-state index is 13.0. The Hall–Kier alpha value is -2.54. The number of nitrogens with one attached hydrogen (secondary N) is 2. The number of aromatic amines is 1. The number of likely N-dealkylation sites (tertiary alicyclic amines) is 2. The van der Waals surface area contributed by atoms with Crippen molar-refractivity contribution >= 4 is 22.7 Å². The molecule has 2 N–H and O–H groups in total. The summed E-state index contributed by atoms with van der Waals surface area (Å²) in [5.74, 6) is 1.26. The van der Waals surface area contributed by atoms with Gasteiger partial charge >= 0.3 is 0 Å². The molecular weight excluding hydrogens is 428 g/mol. The number of fused-ring (bicyclic) bond motifs is 1. The molecule has 0 bridgehead atoms. The number of carbonyl (C=O) groups is 2. The van der Waals surface area contributed by atoms with Crippen molar-refractivity contribution in [3.05, 3.63) is 30.0 Å². The van der Waals surface area contributed by atoms with E-state index < -0.39 is 0 Å². The van der Waals surface area contributed by atoms with E-state index >= 15 is 0 Å². The van der Waals surface area contributed by atoms with Crippen LogP contribution in [0, 0.1) is 11.8 Å². The highest BCUT2D eigenvalue weighted by molar-refractivity contribution is 5.98. The molecular formula is C27H40N4O3. The maximum Gasteiger partial charge on any atom is 0.270 e. The van der Waals surface area contributed by atoms with Crippen LogP contribution in [0.2, 0.25) is 0 Å². The first-order valence-corrected chi connectivity index (χ1v) is 13.0. The van der Waals surface area contributed by atoms with Crippen molar-refractivity contribution in [1.82, 2.24) is 20.1 Å². The number of ether oxygens (including phenoxy) is 1. The summed E-state index contributed by atoms with van der Waals surface area (Å²) in [6.45, 7) is 7.65. The number of nitrogens with zero attached hydrogens (tertiary/aromatic N) is 2. The Bertz CT molecular complexity index is 956. The van der Waals surface area contributed by atoms with Crippen LogP contribution in [0.4, 0.5) is 0 Å². The number of aromatic nitrogens is 1. The molecule has 0 saturated carbocycles. The molecule has 0 spiro atoms. The van der Waals surface area contributed by atoms with Gasteiger partial charge in [0.2, 0.25) is 5.91 Å². The number of piperidine rings is 1. The lowest BCUT2D eigenvalue weighted by Crippen LogP contribution is -2.43. The van der Waals surface area contributed by atoms with Crippen molar-refractivity contribution in [1.29, 1.82) is 0 Å². The molecule has 1 aromatic heterocycles. The van der Waals surface area contributed by atoms with E-state index in [1.807, 2.05) is 36.1 Å². The summed E-state index contributed by atoms with van der Waals surface area (Å²) in [7, 11) is 1.64. The van der Waals surface area contributed by atoms with E-state index in [2.05, 4.69) is 15.2 Å². The average Bonchev–Trinajstić information content (AvgIpc) is 3.12. The number of H-pyrrole nitrogens is 1. The largest absolute Gasteiger partial charge is 0.497 e. The maximum absolute atomic E-state index is 13.0. The molecule has 2 amide bonds. The van der Waals surface area contributed by atoms with E-state index in [1.54, 1.807) is 7.11 Å². The Labute approximate surface area is 203 Å². The predicted molar refractivity (Wildman–Crippen MR) is 135 cm³/mol. The first-order chi connectivity index (χ1) is 16.5. The zero-order valence-corrected chi connectivity index (χ0v) is 20.8. The molecule has 1 atom stereocenters. The van der Waals surface area contributed by atoms with Crippen LogP contribution < -0.4 is 10.1 Å². The Kier molecular flexibility index (Phi) is 8.48. The van der Waals surface area contributed by atoms with Gasteiger partial charge in [0.05, 0.1) is 7.11 Å². The van der Waals surface area contributed by atoms with Gasteiger partial charge in [0, 0.05) is 42.5 Å². The van der Waals surface area contributed by atoms with Gasteiger partial charge in [0.25, 0.3) is 5.91 Å². The SMILES string of the molecule is COc1ccc2cc(C(=O)N3CCC([C@@H](C)C(=O)NCCCN4CCCCCC4)CC3)[nH]c2c1. The first kappa shape index (κ1) is 24.6. The molecule has 4 rings (SSSR count). The molecule has 2 aliphatic rings. The summed E-state index contributed by atoms with van der Waals surface area (Å²) >= 11 is 0. The molecule has 34 heavy (non-hydrogen) atoms. The second-order valence-corrected chi connectivity index (χ2v) is 9.95. The molecule has 2 aromatic rings. The smallest absolute Gasteiger partial charge is 0.270 e. The van der Waals surface area contributed by atoms with Gasteiger partial charge in [-0.05, 0) is 75.9 Å². The topological polar surface area (TPSA) is 77.7 Å². The van der Waals surface area contributed by atoms with E-state index in [1.165, 1.54) is 38.8 Å². The first-order valence-electron chi connectivity index (χ1n) is 13.0. The summed E-state index contributed by atoms with van der Waals surface area (Å²) < 4.78 is 5.27. The van der Waals surface area contributed by atoms with Crippen LogP contribution in [-0.4, -0.2) is 73.0 Å². The Morgan fingerprint density at radius 3 is 2.53 bits per heavy atom. The zero-order chi connectivity index (χ0) is 23.9. The number of methoxy groups -OCH3 is 1. The van der Waals surface area contributed by atoms with Crippen molar-refractivity contribution in [2.45, 2.75) is 51.9 Å². The van der Waals surface area contributed by atoms with Crippen molar-refractivity contribution in [3.63, 3.8) is 0 Å². The number of carbonyl (C=O) groups excluding carboxylic acids is 2. The van der Waals surface area contributed by atoms with Crippen molar-refractivity contribution in [3.8, 4) is 5.75 Å². The fourth-order valence-electron chi connectivity index (χ4n) is 5.37. The van der Waals surface area contributed by atoms with Crippen LogP contribution in [0.25, 0.3) is 10.9 Å². The molecule has 3 heterocycles. The fourth-order valence-corrected chi connectivity index (χ4v) is 5.37. The lowest BCUT2D eigenvalue weighted by molar-refractivity contribution is -0.126. The molecule has 7 nitrogen and oxygen atoms in total. The average molecular weight is 469 g/mol. The number of rotatable bonds is 8. The minimum Gasteiger partial charge on any atom is -0.497 e. The second-order valence-electron chi connectivity index (χ2n) is 9.95. The van der Waals surface area contributed by atoms with Crippen LogP contribution >= 0.6 is 0 Å². The lowest BCUT2D eigenvalue weighted by Gasteiger charge is -2.34. The fraction of sp³-hybridized carbons (Fsp3) is 0.630. The zero-order valence-electron chi connectivity index (χ0n) is 20.8. The third kappa shape index (κ3) is 6.12. The van der Waals surface area contributed by atoms with Gasteiger partial charge < -0.3 is 24.8 Å². The summed E-state index contributed by atoms with van der Waals surface area (Å²) in [5.41, 5.74) is 1.51. The van der Waals surface area contributed by atoms with Crippen molar-refractivity contribution in [2.24, 2.45) is 11.8 Å². The van der Waals surface area contributed by atoms with Crippen molar-refractivity contribution < 1.29 is 14.3 Å². The Balaban J connectivity index is 1.20. The minimum atomic E-state index is -0.0176. The van der Waals surface area contributed by atoms with E-state index in [0.29, 0.717) is 24.7 Å². The summed E-state index contributed by atoms with van der Waals surface area (Å²) in [4.78, 5) is 33.4. The third-order valence-electron chi connectivity index (χ3n) is 7.66. The summed E-state index contributed by atoms with van der Waals surface area (Å²) in [6.07, 6.45) is 8.06. The van der Waals surface area contributed by atoms with Crippen LogP contribution in [0.15, 0.2) is 24.3 Å². The van der Waals surface area contributed by atoms with Crippen LogP contribution in [0.5, 0.6) is 5.75 Å². The third-order valence-corrected chi connectivity index (χ3v) is 7.66. The number of benzene rings is 1. The predicted octanol–water partition coefficient (Wildman–Crippen LogP) is 4.05. The van der Waals surface area contributed by atoms with Crippen LogP contribution in [0.3, 0.4) is 0 Å². The van der Waals surface area contributed by atoms with E-state index in [-0.39, 0.29) is 17.7 Å². The van der Waals surface area contributed by atoms with E-state index in [0.717, 1.165) is 49.0 Å². The number of hydrogen-bond donors (Lipinski definition) is 2. The highest BCUT2D eigenvalue weighted by atomic mass is 16.5. The Morgan fingerprint density at radius 1 is 1.09 bits per heavy atom. The van der Waals surface area contributed by atoms with Gasteiger partial charge in [-0.2, -0.15) is 0 Å². The molecule has 2 aliphatic heterocycles. The Morgan fingerprint density at radius 2 is 1.82 bits per heavy atom. The van der Waals surface area contributed by atoms with Gasteiger partial charge in [-0.3, -0.25) is 9.59 Å². The monoisotopic (exact) mass is 468 g/mol. The molecule has 2 fully saturated rings. The lowest BCUT2D eigenvalue weighted by atomic mass is 9.84. The van der Waals surface area contributed by atoms with E-state index in [9.17, 15) is 9.59 Å². The van der Waals surface area contributed by atoms with Gasteiger partial charge in [0.15, 0.2) is 0 Å². The highest BCUT2D eigenvalue weighted by Gasteiger charge is 2.30. The van der Waals surface area contributed by atoms with Crippen molar-refractivity contribution in [2.75, 3.05) is 46.4 Å². The molecule has 0 unspecified atom stereocenters. The number of hydrogen-bond acceptors (Lipinski definition) is 4.